The van der Waals surface area contributed by atoms with Crippen molar-refractivity contribution in [2.45, 2.75) is 52.1 Å². The molecule has 1 aromatic rings. The Morgan fingerprint density at radius 3 is 2.65 bits per heavy atom. The van der Waals surface area contributed by atoms with Gasteiger partial charge in [-0.05, 0) is 44.6 Å². The van der Waals surface area contributed by atoms with E-state index in [0.29, 0.717) is 6.04 Å². The van der Waals surface area contributed by atoms with Gasteiger partial charge in [0.1, 0.15) is 0 Å². The van der Waals surface area contributed by atoms with Gasteiger partial charge in [0.05, 0.1) is 5.69 Å². The monoisotopic (exact) mass is 234 g/mol. The Kier molecular flexibility index (Phi) is 3.87. The fraction of sp³-hybridized carbons (Fsp3) is 0.643. The zero-order chi connectivity index (χ0) is 12.3. The first-order valence-electron chi connectivity index (χ1n) is 6.66. The standard InChI is InChI=1S/C14H22N2O/c1-3-16-10-13(8-9-14(16)17)15-12-6-4-11(2)5-7-12/h8-12,15H,3-7H2,1-2H3. The van der Waals surface area contributed by atoms with E-state index in [1.165, 1.54) is 25.7 Å². The lowest BCUT2D eigenvalue weighted by Gasteiger charge is -2.27. The van der Waals surface area contributed by atoms with Crippen molar-refractivity contribution < 1.29 is 0 Å². The zero-order valence-corrected chi connectivity index (χ0v) is 10.8. The van der Waals surface area contributed by atoms with Gasteiger partial charge in [0, 0.05) is 24.8 Å². The lowest BCUT2D eigenvalue weighted by molar-refractivity contribution is 0.361. The van der Waals surface area contributed by atoms with Crippen molar-refractivity contribution in [3.63, 3.8) is 0 Å². The van der Waals surface area contributed by atoms with Crippen LogP contribution in [-0.2, 0) is 6.54 Å². The molecule has 3 heteroatoms. The van der Waals surface area contributed by atoms with Crippen LogP contribution in [0.3, 0.4) is 0 Å². The Balaban J connectivity index is 2.01. The van der Waals surface area contributed by atoms with E-state index in [4.69, 9.17) is 0 Å². The van der Waals surface area contributed by atoms with Crippen LogP contribution in [0.2, 0.25) is 0 Å². The van der Waals surface area contributed by atoms with E-state index in [1.807, 2.05) is 19.2 Å². The van der Waals surface area contributed by atoms with Gasteiger partial charge in [-0.25, -0.2) is 0 Å². The van der Waals surface area contributed by atoms with E-state index in [9.17, 15) is 4.79 Å². The van der Waals surface area contributed by atoms with Crippen LogP contribution >= 0.6 is 0 Å². The van der Waals surface area contributed by atoms with Gasteiger partial charge in [-0.15, -0.1) is 0 Å². The number of rotatable bonds is 3. The zero-order valence-electron chi connectivity index (χ0n) is 10.8. The van der Waals surface area contributed by atoms with E-state index in [1.54, 1.807) is 10.6 Å². The molecule has 1 heterocycles. The van der Waals surface area contributed by atoms with Crippen LogP contribution in [0.5, 0.6) is 0 Å². The molecule has 1 fully saturated rings. The molecule has 0 amide bonds. The average Bonchev–Trinajstić information content (AvgIpc) is 2.34. The first-order valence-corrected chi connectivity index (χ1v) is 6.66. The van der Waals surface area contributed by atoms with Gasteiger partial charge in [0.25, 0.3) is 5.56 Å². The van der Waals surface area contributed by atoms with E-state index >= 15 is 0 Å². The first kappa shape index (κ1) is 12.2. The molecule has 0 bridgehead atoms. The van der Waals surface area contributed by atoms with Gasteiger partial charge in [0.2, 0.25) is 0 Å². The summed E-state index contributed by atoms with van der Waals surface area (Å²) in [5.74, 6) is 0.873. The molecule has 0 spiro atoms. The molecule has 17 heavy (non-hydrogen) atoms. The van der Waals surface area contributed by atoms with Crippen LogP contribution in [0.25, 0.3) is 0 Å². The van der Waals surface area contributed by atoms with Crippen molar-refractivity contribution in [2.75, 3.05) is 5.32 Å². The van der Waals surface area contributed by atoms with Gasteiger partial charge in [-0.2, -0.15) is 0 Å². The van der Waals surface area contributed by atoms with Crippen LogP contribution < -0.4 is 10.9 Å². The minimum Gasteiger partial charge on any atom is -0.381 e. The first-order chi connectivity index (χ1) is 8.19. The highest BCUT2D eigenvalue weighted by atomic mass is 16.1. The van der Waals surface area contributed by atoms with Crippen LogP contribution in [0, 0.1) is 5.92 Å². The molecule has 0 saturated heterocycles. The Bertz CT molecular complexity index is 416. The minimum atomic E-state index is 0.0790. The molecule has 0 aromatic carbocycles. The molecule has 0 unspecified atom stereocenters. The van der Waals surface area contributed by atoms with Crippen molar-refractivity contribution in [2.24, 2.45) is 5.92 Å². The summed E-state index contributed by atoms with van der Waals surface area (Å²) in [5, 5.41) is 3.54. The van der Waals surface area contributed by atoms with E-state index in [-0.39, 0.29) is 5.56 Å². The lowest BCUT2D eigenvalue weighted by atomic mass is 9.87. The molecule has 0 aliphatic heterocycles. The van der Waals surface area contributed by atoms with Crippen LogP contribution in [-0.4, -0.2) is 10.6 Å². The maximum absolute atomic E-state index is 11.5. The number of pyridine rings is 1. The van der Waals surface area contributed by atoms with E-state index < -0.39 is 0 Å². The van der Waals surface area contributed by atoms with Crippen molar-refractivity contribution in [3.8, 4) is 0 Å². The maximum Gasteiger partial charge on any atom is 0.250 e. The van der Waals surface area contributed by atoms with Crippen molar-refractivity contribution in [3.05, 3.63) is 28.7 Å². The van der Waals surface area contributed by atoms with Gasteiger partial charge in [0.15, 0.2) is 0 Å². The molecule has 3 nitrogen and oxygen atoms in total. The smallest absolute Gasteiger partial charge is 0.250 e. The number of hydrogen-bond donors (Lipinski definition) is 1. The number of nitrogens with zero attached hydrogens (tertiary/aromatic N) is 1. The number of nitrogens with one attached hydrogen (secondary N) is 1. The fourth-order valence-electron chi connectivity index (χ4n) is 2.50. The van der Waals surface area contributed by atoms with Gasteiger partial charge >= 0.3 is 0 Å². The summed E-state index contributed by atoms with van der Waals surface area (Å²) in [5.41, 5.74) is 1.15. The second kappa shape index (κ2) is 5.39. The molecule has 1 aliphatic rings. The summed E-state index contributed by atoms with van der Waals surface area (Å²) in [6.45, 7) is 5.05. The quantitative estimate of drug-likeness (QED) is 0.872. The molecule has 1 saturated carbocycles. The fourth-order valence-corrected chi connectivity index (χ4v) is 2.50. The third-order valence-corrected chi connectivity index (χ3v) is 3.71. The second-order valence-corrected chi connectivity index (χ2v) is 5.14. The topological polar surface area (TPSA) is 34.0 Å². The molecule has 94 valence electrons. The predicted octanol–water partition coefficient (Wildman–Crippen LogP) is 2.86. The van der Waals surface area contributed by atoms with Crippen molar-refractivity contribution in [1.29, 1.82) is 0 Å². The molecule has 2 rings (SSSR count). The molecule has 1 aliphatic carbocycles. The van der Waals surface area contributed by atoms with E-state index in [2.05, 4.69) is 12.2 Å². The van der Waals surface area contributed by atoms with Crippen molar-refractivity contribution in [1.82, 2.24) is 4.57 Å². The Morgan fingerprint density at radius 2 is 2.00 bits per heavy atom. The molecular formula is C14H22N2O. The summed E-state index contributed by atoms with van der Waals surface area (Å²) in [6.07, 6.45) is 7.04. The number of hydrogen-bond acceptors (Lipinski definition) is 2. The molecule has 1 aromatic heterocycles. The summed E-state index contributed by atoms with van der Waals surface area (Å²) in [6, 6.07) is 4.12. The normalized spacial score (nSPS) is 24.6. The predicted molar refractivity (Wildman–Crippen MR) is 71.4 cm³/mol. The number of aromatic nitrogens is 1. The Labute approximate surface area is 103 Å². The number of aryl methyl sites for hydroxylation is 1. The maximum atomic E-state index is 11.5. The SMILES string of the molecule is CCn1cc(NC2CCC(C)CC2)ccc1=O. The molecule has 0 radical (unpaired) electrons. The van der Waals surface area contributed by atoms with Crippen LogP contribution in [0.15, 0.2) is 23.1 Å². The molecular weight excluding hydrogens is 212 g/mol. The number of anilines is 1. The highest BCUT2D eigenvalue weighted by molar-refractivity contribution is 5.41. The third kappa shape index (κ3) is 3.11. The van der Waals surface area contributed by atoms with Crippen LogP contribution in [0.1, 0.15) is 39.5 Å². The minimum absolute atomic E-state index is 0.0790. The summed E-state index contributed by atoms with van der Waals surface area (Å²) in [7, 11) is 0. The Morgan fingerprint density at radius 1 is 1.29 bits per heavy atom. The molecule has 0 atom stereocenters. The highest BCUT2D eigenvalue weighted by Crippen LogP contribution is 2.25. The van der Waals surface area contributed by atoms with Gasteiger partial charge in [-0.1, -0.05) is 6.92 Å². The molecule has 1 N–H and O–H groups in total. The average molecular weight is 234 g/mol. The summed E-state index contributed by atoms with van der Waals surface area (Å²) in [4.78, 5) is 11.5. The Hall–Kier alpha value is -1.25. The van der Waals surface area contributed by atoms with E-state index in [0.717, 1.165) is 18.2 Å². The lowest BCUT2D eigenvalue weighted by Crippen LogP contribution is -2.26. The van der Waals surface area contributed by atoms with Gasteiger partial charge in [-0.3, -0.25) is 4.79 Å². The summed E-state index contributed by atoms with van der Waals surface area (Å²) < 4.78 is 1.74. The third-order valence-electron chi connectivity index (χ3n) is 3.71. The summed E-state index contributed by atoms with van der Waals surface area (Å²) >= 11 is 0. The second-order valence-electron chi connectivity index (χ2n) is 5.14. The highest BCUT2D eigenvalue weighted by Gasteiger charge is 2.17. The largest absolute Gasteiger partial charge is 0.381 e. The van der Waals surface area contributed by atoms with Crippen LogP contribution in [0.4, 0.5) is 5.69 Å². The van der Waals surface area contributed by atoms with Gasteiger partial charge < -0.3 is 9.88 Å². The van der Waals surface area contributed by atoms with Crippen molar-refractivity contribution >= 4 is 5.69 Å².